The molecule has 0 radical (unpaired) electrons. The standard InChI is InChI=1S/C24H33NO/c1-4-12-21-23(20-15-10-7-11-16-20)25-22(19-13-8-6-9-14-19)18(3)24(21,26)17-5-2/h6-11,13-16,18,21-23,25-26H,4-5,12,17H2,1-3H3/p+1/t18-,21-,22-,23+,24+/m0/s1. The Balaban J connectivity index is 2.06. The minimum Gasteiger partial charge on any atom is -0.389 e. The van der Waals surface area contributed by atoms with Crippen LogP contribution in [0.5, 0.6) is 0 Å². The topological polar surface area (TPSA) is 36.8 Å². The molecule has 3 N–H and O–H groups in total. The number of nitrogens with two attached hydrogens (primary N) is 1. The van der Waals surface area contributed by atoms with Crippen LogP contribution in [-0.2, 0) is 0 Å². The fourth-order valence-corrected chi connectivity index (χ4v) is 5.13. The van der Waals surface area contributed by atoms with Crippen LogP contribution in [0.3, 0.4) is 0 Å². The molecule has 1 heterocycles. The van der Waals surface area contributed by atoms with E-state index in [2.05, 4.69) is 86.8 Å². The number of piperidine rings is 1. The molecule has 0 amide bonds. The fraction of sp³-hybridized carbons (Fsp3) is 0.500. The Hall–Kier alpha value is -1.64. The zero-order valence-corrected chi connectivity index (χ0v) is 16.4. The maximum Gasteiger partial charge on any atom is 0.118 e. The molecule has 0 spiro atoms. The number of rotatable bonds is 6. The quantitative estimate of drug-likeness (QED) is 0.781. The summed E-state index contributed by atoms with van der Waals surface area (Å²) in [4.78, 5) is 0. The molecule has 5 atom stereocenters. The summed E-state index contributed by atoms with van der Waals surface area (Å²) in [5.74, 6) is 0.506. The summed E-state index contributed by atoms with van der Waals surface area (Å²) in [7, 11) is 0. The Morgan fingerprint density at radius 1 is 0.846 bits per heavy atom. The highest BCUT2D eigenvalue weighted by atomic mass is 16.3. The van der Waals surface area contributed by atoms with Crippen LogP contribution in [0.15, 0.2) is 60.7 Å². The fourth-order valence-electron chi connectivity index (χ4n) is 5.13. The van der Waals surface area contributed by atoms with Crippen molar-refractivity contribution in [3.05, 3.63) is 71.8 Å². The Bertz CT molecular complexity index is 671. The zero-order valence-electron chi connectivity index (χ0n) is 16.4. The first kappa shape index (κ1) is 19.1. The van der Waals surface area contributed by atoms with E-state index in [9.17, 15) is 5.11 Å². The van der Waals surface area contributed by atoms with Crippen LogP contribution in [0.1, 0.15) is 69.7 Å². The molecule has 0 aromatic heterocycles. The molecule has 3 rings (SSSR count). The molecular formula is C24H34NO+. The van der Waals surface area contributed by atoms with Crippen LogP contribution in [0.25, 0.3) is 0 Å². The van der Waals surface area contributed by atoms with Crippen molar-refractivity contribution in [1.82, 2.24) is 0 Å². The van der Waals surface area contributed by atoms with E-state index in [1.807, 2.05) is 0 Å². The van der Waals surface area contributed by atoms with Gasteiger partial charge in [0.25, 0.3) is 0 Å². The highest BCUT2D eigenvalue weighted by Crippen LogP contribution is 2.46. The van der Waals surface area contributed by atoms with Gasteiger partial charge in [-0.2, -0.15) is 0 Å². The van der Waals surface area contributed by atoms with E-state index < -0.39 is 5.60 Å². The minimum atomic E-state index is -0.624. The molecule has 2 aromatic rings. The Morgan fingerprint density at radius 3 is 1.88 bits per heavy atom. The van der Waals surface area contributed by atoms with Gasteiger partial charge in [-0.05, 0) is 12.8 Å². The average molecular weight is 353 g/mol. The van der Waals surface area contributed by atoms with Gasteiger partial charge in [0, 0.05) is 23.0 Å². The van der Waals surface area contributed by atoms with Gasteiger partial charge in [0.15, 0.2) is 0 Å². The van der Waals surface area contributed by atoms with E-state index in [0.29, 0.717) is 6.04 Å². The van der Waals surface area contributed by atoms with Crippen molar-refractivity contribution in [3.63, 3.8) is 0 Å². The van der Waals surface area contributed by atoms with Gasteiger partial charge in [-0.1, -0.05) is 94.3 Å². The smallest absolute Gasteiger partial charge is 0.118 e. The molecule has 0 unspecified atom stereocenters. The molecule has 1 aliphatic rings. The molecule has 0 saturated carbocycles. The van der Waals surface area contributed by atoms with Crippen molar-refractivity contribution in [3.8, 4) is 0 Å². The lowest BCUT2D eigenvalue weighted by Crippen LogP contribution is -2.93. The minimum absolute atomic E-state index is 0.223. The van der Waals surface area contributed by atoms with E-state index in [-0.39, 0.29) is 17.9 Å². The summed E-state index contributed by atoms with van der Waals surface area (Å²) in [5.41, 5.74) is 2.04. The molecule has 2 aromatic carbocycles. The van der Waals surface area contributed by atoms with Crippen LogP contribution < -0.4 is 5.32 Å². The molecular weight excluding hydrogens is 318 g/mol. The summed E-state index contributed by atoms with van der Waals surface area (Å²) in [6.45, 7) is 6.69. The third kappa shape index (κ3) is 3.58. The molecule has 2 heteroatoms. The van der Waals surface area contributed by atoms with Crippen molar-refractivity contribution in [2.45, 2.75) is 64.1 Å². The first-order valence-corrected chi connectivity index (χ1v) is 10.3. The molecule has 140 valence electrons. The van der Waals surface area contributed by atoms with Crippen LogP contribution in [0, 0.1) is 11.8 Å². The van der Waals surface area contributed by atoms with Crippen LogP contribution in [0.2, 0.25) is 0 Å². The maximum absolute atomic E-state index is 12.0. The van der Waals surface area contributed by atoms with Crippen molar-refractivity contribution in [2.24, 2.45) is 11.8 Å². The first-order chi connectivity index (χ1) is 12.6. The van der Waals surface area contributed by atoms with Gasteiger partial charge < -0.3 is 10.4 Å². The maximum atomic E-state index is 12.0. The second-order valence-electron chi connectivity index (χ2n) is 7.99. The Labute approximate surface area is 158 Å². The van der Waals surface area contributed by atoms with Gasteiger partial charge in [0.1, 0.15) is 12.1 Å². The predicted octanol–water partition coefficient (Wildman–Crippen LogP) is 4.63. The molecule has 1 fully saturated rings. The highest BCUT2D eigenvalue weighted by Gasteiger charge is 2.54. The van der Waals surface area contributed by atoms with E-state index in [1.54, 1.807) is 0 Å². The molecule has 0 aliphatic carbocycles. The third-order valence-electron chi connectivity index (χ3n) is 6.44. The molecule has 1 saturated heterocycles. The van der Waals surface area contributed by atoms with Gasteiger partial charge in [-0.15, -0.1) is 0 Å². The van der Waals surface area contributed by atoms with Gasteiger partial charge >= 0.3 is 0 Å². The largest absolute Gasteiger partial charge is 0.389 e. The van der Waals surface area contributed by atoms with E-state index in [0.717, 1.165) is 25.7 Å². The van der Waals surface area contributed by atoms with Crippen LogP contribution in [-0.4, -0.2) is 10.7 Å². The van der Waals surface area contributed by atoms with Crippen LogP contribution in [0.4, 0.5) is 0 Å². The number of aliphatic hydroxyl groups is 1. The molecule has 26 heavy (non-hydrogen) atoms. The molecule has 0 bridgehead atoms. The van der Waals surface area contributed by atoms with Crippen LogP contribution >= 0.6 is 0 Å². The number of quaternary nitrogens is 1. The highest BCUT2D eigenvalue weighted by molar-refractivity contribution is 5.23. The van der Waals surface area contributed by atoms with E-state index in [4.69, 9.17) is 0 Å². The summed E-state index contributed by atoms with van der Waals surface area (Å²) >= 11 is 0. The normalized spacial score (nSPS) is 31.7. The second-order valence-corrected chi connectivity index (χ2v) is 7.99. The summed E-state index contributed by atoms with van der Waals surface area (Å²) in [6, 6.07) is 22.1. The van der Waals surface area contributed by atoms with Gasteiger partial charge in [-0.3, -0.25) is 0 Å². The van der Waals surface area contributed by atoms with Gasteiger partial charge in [0.2, 0.25) is 0 Å². The van der Waals surface area contributed by atoms with E-state index >= 15 is 0 Å². The monoisotopic (exact) mass is 352 g/mol. The zero-order chi connectivity index (χ0) is 18.6. The first-order valence-electron chi connectivity index (χ1n) is 10.3. The lowest BCUT2D eigenvalue weighted by molar-refractivity contribution is -0.765. The number of benzene rings is 2. The van der Waals surface area contributed by atoms with Crippen molar-refractivity contribution in [2.75, 3.05) is 0 Å². The predicted molar refractivity (Wildman–Crippen MR) is 108 cm³/mol. The Kier molecular flexibility index (Phi) is 6.16. The summed E-state index contributed by atoms with van der Waals surface area (Å²) in [6.07, 6.45) is 4.07. The van der Waals surface area contributed by atoms with E-state index in [1.165, 1.54) is 11.1 Å². The summed E-state index contributed by atoms with van der Waals surface area (Å²) < 4.78 is 0. The second kappa shape index (κ2) is 8.37. The summed E-state index contributed by atoms with van der Waals surface area (Å²) in [5, 5.41) is 14.5. The lowest BCUT2D eigenvalue weighted by atomic mass is 9.62. The molecule has 1 aliphatic heterocycles. The van der Waals surface area contributed by atoms with Gasteiger partial charge in [-0.25, -0.2) is 0 Å². The van der Waals surface area contributed by atoms with Gasteiger partial charge in [0.05, 0.1) is 5.60 Å². The number of hydrogen-bond donors (Lipinski definition) is 2. The number of hydrogen-bond acceptors (Lipinski definition) is 1. The average Bonchev–Trinajstić information content (AvgIpc) is 2.68. The third-order valence-corrected chi connectivity index (χ3v) is 6.44. The van der Waals surface area contributed by atoms with Crippen molar-refractivity contribution in [1.29, 1.82) is 0 Å². The van der Waals surface area contributed by atoms with Crippen molar-refractivity contribution < 1.29 is 10.4 Å². The lowest BCUT2D eigenvalue weighted by Gasteiger charge is -2.50. The van der Waals surface area contributed by atoms with Crippen molar-refractivity contribution >= 4 is 0 Å². The SMILES string of the molecule is CCC[C@H]1[C@@H](c2ccccc2)[NH2+][C@H](c2ccccc2)[C@H](C)[C@]1(O)CCC. The Morgan fingerprint density at radius 2 is 1.38 bits per heavy atom. The molecule has 2 nitrogen and oxygen atoms in total.